The van der Waals surface area contributed by atoms with E-state index in [1.807, 2.05) is 18.2 Å². The fraction of sp³-hybridized carbons (Fsp3) is 0.167. The van der Waals surface area contributed by atoms with Crippen LogP contribution in [0, 0.1) is 11.3 Å². The molecule has 0 unspecified atom stereocenters. The van der Waals surface area contributed by atoms with Gasteiger partial charge in [-0.15, -0.1) is 11.3 Å². The molecule has 0 atom stereocenters. The van der Waals surface area contributed by atoms with Crippen molar-refractivity contribution in [2.24, 2.45) is 0 Å². The highest BCUT2D eigenvalue weighted by atomic mass is 79.9. The van der Waals surface area contributed by atoms with Crippen LogP contribution in [0.5, 0.6) is 0 Å². The molecule has 104 valence electrons. The summed E-state index contributed by atoms with van der Waals surface area (Å²) in [5, 5.41) is 11.7. The maximum atomic E-state index is 12.6. The number of rotatable bonds is 3. The molecule has 2 aromatic rings. The normalized spacial score (nSPS) is 11.2. The van der Waals surface area contributed by atoms with Crippen LogP contribution in [0.3, 0.4) is 0 Å². The van der Waals surface area contributed by atoms with Gasteiger partial charge in [0, 0.05) is 4.88 Å². The third kappa shape index (κ3) is 3.49. The van der Waals surface area contributed by atoms with E-state index in [1.54, 1.807) is 0 Å². The Morgan fingerprint density at radius 2 is 2.05 bits per heavy atom. The molecule has 3 nitrogen and oxygen atoms in total. The Morgan fingerprint density at radius 1 is 1.30 bits per heavy atom. The van der Waals surface area contributed by atoms with E-state index in [9.17, 15) is 13.2 Å². The van der Waals surface area contributed by atoms with E-state index in [1.165, 1.54) is 11.3 Å². The first-order chi connectivity index (χ1) is 9.40. The quantitative estimate of drug-likeness (QED) is 0.880. The molecule has 0 aliphatic rings. The Balaban J connectivity index is 2.23. The van der Waals surface area contributed by atoms with Gasteiger partial charge >= 0.3 is 6.18 Å². The van der Waals surface area contributed by atoms with Crippen LogP contribution in [0.4, 0.5) is 19.0 Å². The van der Waals surface area contributed by atoms with Crippen molar-refractivity contribution in [2.45, 2.75) is 12.7 Å². The maximum Gasteiger partial charge on any atom is 0.433 e. The molecule has 2 heterocycles. The summed E-state index contributed by atoms with van der Waals surface area (Å²) in [6.07, 6.45) is -4.53. The van der Waals surface area contributed by atoms with E-state index >= 15 is 0 Å². The number of hydrogen-bond donors (Lipinski definition) is 1. The highest BCUT2D eigenvalue weighted by Crippen LogP contribution is 2.30. The molecule has 20 heavy (non-hydrogen) atoms. The third-order valence-corrected chi connectivity index (χ3v) is 3.99. The predicted octanol–water partition coefficient (Wildman–Crippen LogP) is 4.41. The first-order valence-electron chi connectivity index (χ1n) is 5.36. The summed E-state index contributed by atoms with van der Waals surface area (Å²) in [7, 11) is 0. The van der Waals surface area contributed by atoms with Crippen LogP contribution in [-0.4, -0.2) is 4.98 Å². The highest BCUT2D eigenvalue weighted by molar-refractivity contribution is 9.11. The largest absolute Gasteiger partial charge is 0.433 e. The van der Waals surface area contributed by atoms with Crippen LogP contribution in [0.2, 0.25) is 0 Å². The molecule has 0 aliphatic heterocycles. The number of halogens is 4. The molecule has 8 heteroatoms. The second kappa shape index (κ2) is 5.81. The number of pyridine rings is 1. The molecular weight excluding hydrogens is 355 g/mol. The van der Waals surface area contributed by atoms with Gasteiger partial charge < -0.3 is 5.32 Å². The zero-order chi connectivity index (χ0) is 14.8. The number of hydrogen-bond acceptors (Lipinski definition) is 4. The number of aromatic nitrogens is 1. The van der Waals surface area contributed by atoms with E-state index < -0.39 is 11.9 Å². The second-order valence-electron chi connectivity index (χ2n) is 3.76. The zero-order valence-corrected chi connectivity index (χ0v) is 12.2. The van der Waals surface area contributed by atoms with Crippen LogP contribution >= 0.6 is 27.3 Å². The average molecular weight is 362 g/mol. The molecular formula is C12H7BrF3N3S. The van der Waals surface area contributed by atoms with Crippen molar-refractivity contribution in [3.05, 3.63) is 44.2 Å². The Morgan fingerprint density at radius 3 is 2.60 bits per heavy atom. The van der Waals surface area contributed by atoms with Gasteiger partial charge in [-0.1, -0.05) is 0 Å². The summed E-state index contributed by atoms with van der Waals surface area (Å²) in [5.41, 5.74) is -0.944. The molecule has 0 aromatic carbocycles. The number of thiophene rings is 1. The molecule has 0 radical (unpaired) electrons. The van der Waals surface area contributed by atoms with Crippen LogP contribution in [0.25, 0.3) is 0 Å². The van der Waals surface area contributed by atoms with Crippen molar-refractivity contribution in [2.75, 3.05) is 5.32 Å². The van der Waals surface area contributed by atoms with Crippen molar-refractivity contribution < 1.29 is 13.2 Å². The van der Waals surface area contributed by atoms with E-state index in [4.69, 9.17) is 5.26 Å². The van der Waals surface area contributed by atoms with Crippen molar-refractivity contribution in [3.8, 4) is 6.07 Å². The predicted molar refractivity (Wildman–Crippen MR) is 73.3 cm³/mol. The van der Waals surface area contributed by atoms with E-state index in [0.29, 0.717) is 6.54 Å². The zero-order valence-electron chi connectivity index (χ0n) is 9.83. The SMILES string of the molecule is N#Cc1ccc(C(F)(F)F)nc1NCc1ccc(Br)s1. The summed E-state index contributed by atoms with van der Waals surface area (Å²) in [4.78, 5) is 4.39. The molecule has 0 spiro atoms. The number of nitrogens with one attached hydrogen (secondary N) is 1. The van der Waals surface area contributed by atoms with Gasteiger partial charge in [0.1, 0.15) is 17.6 Å². The summed E-state index contributed by atoms with van der Waals surface area (Å²) < 4.78 is 38.7. The lowest BCUT2D eigenvalue weighted by Gasteiger charge is -2.10. The van der Waals surface area contributed by atoms with Crippen LogP contribution in [0.1, 0.15) is 16.1 Å². The molecule has 0 aliphatic carbocycles. The monoisotopic (exact) mass is 361 g/mol. The van der Waals surface area contributed by atoms with Gasteiger partial charge in [0.05, 0.1) is 15.9 Å². The van der Waals surface area contributed by atoms with Crippen molar-refractivity contribution >= 4 is 33.1 Å². The minimum absolute atomic E-state index is 0.0631. The summed E-state index contributed by atoms with van der Waals surface area (Å²) in [5.74, 6) is -0.0631. The molecule has 1 N–H and O–H groups in total. The van der Waals surface area contributed by atoms with Gasteiger partial charge in [-0.25, -0.2) is 4.98 Å². The average Bonchev–Trinajstić information content (AvgIpc) is 2.80. The Kier molecular flexibility index (Phi) is 4.30. The fourth-order valence-electron chi connectivity index (χ4n) is 1.46. The standard InChI is InChI=1S/C12H7BrF3N3S/c13-10-4-2-8(20-10)6-18-11-7(5-17)1-3-9(19-11)12(14,15)16/h1-4H,6H2,(H,18,19). The number of anilines is 1. The van der Waals surface area contributed by atoms with Crippen LogP contribution < -0.4 is 5.32 Å². The molecule has 2 rings (SSSR count). The topological polar surface area (TPSA) is 48.7 Å². The summed E-state index contributed by atoms with van der Waals surface area (Å²) in [6, 6.07) is 7.40. The van der Waals surface area contributed by atoms with Gasteiger partial charge in [0.25, 0.3) is 0 Å². The second-order valence-corrected chi connectivity index (χ2v) is 6.31. The lowest BCUT2D eigenvalue weighted by atomic mass is 10.2. The van der Waals surface area contributed by atoms with Gasteiger partial charge in [0.15, 0.2) is 0 Å². The lowest BCUT2D eigenvalue weighted by Crippen LogP contribution is -2.11. The van der Waals surface area contributed by atoms with Crippen molar-refractivity contribution in [3.63, 3.8) is 0 Å². The number of nitriles is 1. The summed E-state index contributed by atoms with van der Waals surface area (Å²) in [6.45, 7) is 0.305. The first kappa shape index (κ1) is 14.8. The van der Waals surface area contributed by atoms with Gasteiger partial charge in [0.2, 0.25) is 0 Å². The molecule has 0 bridgehead atoms. The summed E-state index contributed by atoms with van der Waals surface area (Å²) >= 11 is 4.75. The van der Waals surface area contributed by atoms with Gasteiger partial charge in [-0.3, -0.25) is 0 Å². The lowest BCUT2D eigenvalue weighted by molar-refractivity contribution is -0.141. The van der Waals surface area contributed by atoms with Crippen molar-refractivity contribution in [1.29, 1.82) is 5.26 Å². The Bertz CT molecular complexity index is 661. The molecule has 2 aromatic heterocycles. The molecule has 0 fully saturated rings. The highest BCUT2D eigenvalue weighted by Gasteiger charge is 2.33. The van der Waals surface area contributed by atoms with E-state index in [0.717, 1.165) is 20.8 Å². The fourth-order valence-corrected chi connectivity index (χ4v) is 2.88. The molecule has 0 saturated heterocycles. The van der Waals surface area contributed by atoms with E-state index in [-0.39, 0.29) is 11.4 Å². The minimum atomic E-state index is -4.53. The van der Waals surface area contributed by atoms with E-state index in [2.05, 4.69) is 26.2 Å². The van der Waals surface area contributed by atoms with Gasteiger partial charge in [-0.2, -0.15) is 18.4 Å². The maximum absolute atomic E-state index is 12.6. The minimum Gasteiger partial charge on any atom is -0.364 e. The van der Waals surface area contributed by atoms with Gasteiger partial charge in [-0.05, 0) is 40.2 Å². The number of nitrogens with zero attached hydrogens (tertiary/aromatic N) is 2. The van der Waals surface area contributed by atoms with Crippen molar-refractivity contribution in [1.82, 2.24) is 4.98 Å². The first-order valence-corrected chi connectivity index (χ1v) is 6.97. The smallest absolute Gasteiger partial charge is 0.364 e. The third-order valence-electron chi connectivity index (χ3n) is 2.37. The number of alkyl halides is 3. The van der Waals surface area contributed by atoms with Crippen LogP contribution in [0.15, 0.2) is 28.1 Å². The van der Waals surface area contributed by atoms with Crippen LogP contribution in [-0.2, 0) is 12.7 Å². The molecule has 0 saturated carbocycles. The Labute approximate surface area is 125 Å². The molecule has 0 amide bonds. The Hall–Kier alpha value is -1.59.